The highest BCUT2D eigenvalue weighted by molar-refractivity contribution is 7.86. The number of benzene rings is 1. The van der Waals surface area contributed by atoms with Gasteiger partial charge in [0.15, 0.2) is 0 Å². The summed E-state index contributed by atoms with van der Waals surface area (Å²) in [6.07, 6.45) is 3.35. The van der Waals surface area contributed by atoms with Gasteiger partial charge in [-0.2, -0.15) is 5.10 Å². The fraction of sp³-hybridized carbons (Fsp3) is 0.423. The average Bonchev–Trinajstić information content (AvgIpc) is 3.52. The van der Waals surface area contributed by atoms with Crippen molar-refractivity contribution in [3.05, 3.63) is 48.7 Å². The maximum absolute atomic E-state index is 13.6. The normalized spacial score (nSPS) is 22.0. The molecule has 0 unspecified atom stereocenters. The topological polar surface area (TPSA) is 92.3 Å². The summed E-state index contributed by atoms with van der Waals surface area (Å²) in [6.45, 7) is 11.9. The summed E-state index contributed by atoms with van der Waals surface area (Å²) in [4.78, 5) is 8.89. The van der Waals surface area contributed by atoms with E-state index in [1.165, 1.54) is 18.5 Å². The Morgan fingerprint density at radius 3 is 2.30 bits per heavy atom. The van der Waals surface area contributed by atoms with Gasteiger partial charge in [0.1, 0.15) is 23.5 Å². The zero-order valence-electron chi connectivity index (χ0n) is 21.8. The molecule has 6 rings (SSSR count). The van der Waals surface area contributed by atoms with Crippen LogP contribution in [0.25, 0.3) is 33.6 Å². The summed E-state index contributed by atoms with van der Waals surface area (Å²) in [7, 11) is -1.50. The summed E-state index contributed by atoms with van der Waals surface area (Å²) < 4.78 is 45.5. The van der Waals surface area contributed by atoms with Crippen LogP contribution in [-0.2, 0) is 20.1 Å². The van der Waals surface area contributed by atoms with Gasteiger partial charge in [-0.3, -0.25) is 8.89 Å². The Morgan fingerprint density at radius 2 is 1.68 bits per heavy atom. The number of furan rings is 1. The van der Waals surface area contributed by atoms with E-state index in [9.17, 15) is 8.60 Å². The van der Waals surface area contributed by atoms with Crippen molar-refractivity contribution >= 4 is 34.7 Å². The van der Waals surface area contributed by atoms with Crippen molar-refractivity contribution in [2.75, 3.05) is 11.5 Å². The predicted molar refractivity (Wildman–Crippen MR) is 142 cm³/mol. The molecule has 0 saturated carbocycles. The summed E-state index contributed by atoms with van der Waals surface area (Å²) >= 11 is 0. The monoisotopic (exact) mass is 524 g/mol. The second-order valence-corrected chi connectivity index (χ2v) is 11.5. The molecule has 11 heteroatoms. The second-order valence-electron chi connectivity index (χ2n) is 9.98. The first-order valence-corrected chi connectivity index (χ1v) is 13.9. The molecule has 37 heavy (non-hydrogen) atoms. The number of hydrogen-bond donors (Lipinski definition) is 0. The summed E-state index contributed by atoms with van der Waals surface area (Å²) in [5.74, 6) is 0.789. The molecule has 2 aliphatic rings. The number of hydrogen-bond acceptors (Lipinski definition) is 7. The van der Waals surface area contributed by atoms with E-state index in [2.05, 4.69) is 9.97 Å². The third-order valence-corrected chi connectivity index (χ3v) is 8.58. The summed E-state index contributed by atoms with van der Waals surface area (Å²) in [5.41, 5.74) is 2.68. The lowest BCUT2D eigenvalue weighted by Crippen LogP contribution is -2.41. The van der Waals surface area contributed by atoms with Crippen molar-refractivity contribution in [1.82, 2.24) is 19.7 Å². The van der Waals surface area contributed by atoms with E-state index in [4.69, 9.17) is 18.8 Å². The van der Waals surface area contributed by atoms with Gasteiger partial charge in [0, 0.05) is 39.6 Å². The van der Waals surface area contributed by atoms with Crippen molar-refractivity contribution in [2.45, 2.75) is 58.8 Å². The van der Waals surface area contributed by atoms with E-state index in [1.807, 2.05) is 58.5 Å². The summed E-state index contributed by atoms with van der Waals surface area (Å²) in [5, 5.41) is 5.48. The van der Waals surface area contributed by atoms with Crippen LogP contribution in [0, 0.1) is 5.82 Å². The molecule has 8 nitrogen and oxygen atoms in total. The Bertz CT molecular complexity index is 1440. The van der Waals surface area contributed by atoms with E-state index in [-0.39, 0.29) is 11.9 Å². The average molecular weight is 524 g/mol. The molecule has 2 saturated heterocycles. The second kappa shape index (κ2) is 9.45. The van der Waals surface area contributed by atoms with Gasteiger partial charge in [-0.25, -0.2) is 14.4 Å². The highest BCUT2D eigenvalue weighted by atomic mass is 32.2. The van der Waals surface area contributed by atoms with Gasteiger partial charge in [0.2, 0.25) is 5.71 Å². The molecule has 1 aromatic carbocycles. The van der Waals surface area contributed by atoms with Crippen molar-refractivity contribution in [2.24, 2.45) is 0 Å². The molecule has 0 radical (unpaired) electrons. The minimum absolute atomic E-state index is 0.0470. The van der Waals surface area contributed by atoms with Crippen LogP contribution in [0.15, 0.2) is 47.3 Å². The molecule has 0 N–H and O–H groups in total. The molecule has 4 aromatic rings. The van der Waals surface area contributed by atoms with Crippen LogP contribution < -0.4 is 5.66 Å². The van der Waals surface area contributed by atoms with Crippen LogP contribution in [0.2, 0.25) is 0 Å². The zero-order chi connectivity index (χ0) is 26.5. The molecule has 0 bridgehead atoms. The molecular formula is C26H30BFN4O4S. The quantitative estimate of drug-likeness (QED) is 0.363. The van der Waals surface area contributed by atoms with Crippen LogP contribution in [0.4, 0.5) is 4.39 Å². The van der Waals surface area contributed by atoms with Crippen molar-refractivity contribution in [3.63, 3.8) is 0 Å². The van der Waals surface area contributed by atoms with Gasteiger partial charge in [0.05, 0.1) is 28.3 Å². The van der Waals surface area contributed by atoms with Crippen molar-refractivity contribution < 1.29 is 22.3 Å². The lowest BCUT2D eigenvalue weighted by atomic mass is 9.86. The minimum Gasteiger partial charge on any atom is -0.446 e. The highest BCUT2D eigenvalue weighted by Crippen LogP contribution is 2.38. The first kappa shape index (κ1) is 25.8. The van der Waals surface area contributed by atoms with E-state index < -0.39 is 29.1 Å². The Morgan fingerprint density at radius 1 is 1.03 bits per heavy atom. The number of aromatic nitrogens is 4. The van der Waals surface area contributed by atoms with Crippen LogP contribution in [0.3, 0.4) is 0 Å². The van der Waals surface area contributed by atoms with Crippen LogP contribution >= 0.6 is 0 Å². The SMILES string of the molecule is CC.CC1(C)OB(c2cc3c(-c4cn(C5CS(=O)C5)nc4-c4ccc(F)cc4)ncnc3o2)OC1(C)C. The Kier molecular flexibility index (Phi) is 6.58. The van der Waals surface area contributed by atoms with Crippen LogP contribution in [0.1, 0.15) is 47.6 Å². The van der Waals surface area contributed by atoms with Gasteiger partial charge in [0.25, 0.3) is 0 Å². The van der Waals surface area contributed by atoms with Gasteiger partial charge in [-0.05, 0) is 58.0 Å². The van der Waals surface area contributed by atoms with Gasteiger partial charge in [-0.15, -0.1) is 0 Å². The Labute approximate surface area is 218 Å². The number of nitrogens with zero attached hydrogens (tertiary/aromatic N) is 4. The molecule has 2 aliphatic heterocycles. The van der Waals surface area contributed by atoms with Gasteiger partial charge >= 0.3 is 7.12 Å². The first-order chi connectivity index (χ1) is 17.6. The minimum atomic E-state index is -0.824. The van der Waals surface area contributed by atoms with Gasteiger partial charge < -0.3 is 13.7 Å². The largest absolute Gasteiger partial charge is 0.532 e. The molecule has 5 heterocycles. The molecular weight excluding hydrogens is 494 g/mol. The highest BCUT2D eigenvalue weighted by Gasteiger charge is 2.53. The molecule has 2 fully saturated rings. The standard InChI is InChI=1S/C24H24BFN4O4S.C2H6/c1-23(2)24(3,4)34-25(33-23)19-9-17-21(27-13-28-22(17)32-19)18-10-30(16-11-35(31)12-16)29-20(18)14-5-7-15(26)8-6-14;1-2/h5-10,13,16H,11-12H2,1-4H3;1-2H3. The molecule has 0 aliphatic carbocycles. The number of halogens is 1. The molecule has 3 aromatic heterocycles. The first-order valence-electron chi connectivity index (χ1n) is 12.4. The van der Waals surface area contributed by atoms with Crippen molar-refractivity contribution in [1.29, 1.82) is 0 Å². The van der Waals surface area contributed by atoms with Crippen LogP contribution in [0.5, 0.6) is 0 Å². The lowest BCUT2D eigenvalue weighted by molar-refractivity contribution is 0.00578. The molecule has 0 atom stereocenters. The number of fused-ring (bicyclic) bond motifs is 1. The predicted octanol–water partition coefficient (Wildman–Crippen LogP) is 4.52. The maximum Gasteiger partial charge on any atom is 0.532 e. The summed E-state index contributed by atoms with van der Waals surface area (Å²) in [6, 6.07) is 8.07. The lowest BCUT2D eigenvalue weighted by Gasteiger charge is -2.32. The number of rotatable bonds is 4. The van der Waals surface area contributed by atoms with Crippen LogP contribution in [-0.4, -0.2) is 53.8 Å². The van der Waals surface area contributed by atoms with E-state index in [0.717, 1.165) is 11.1 Å². The molecule has 194 valence electrons. The van der Waals surface area contributed by atoms with Gasteiger partial charge in [-0.1, -0.05) is 13.8 Å². The van der Waals surface area contributed by atoms with E-state index in [0.29, 0.717) is 39.7 Å². The molecule has 0 spiro atoms. The fourth-order valence-electron chi connectivity index (χ4n) is 4.27. The Balaban J connectivity index is 0.00000137. The zero-order valence-corrected chi connectivity index (χ0v) is 22.6. The smallest absolute Gasteiger partial charge is 0.446 e. The Hall–Kier alpha value is -2.89. The maximum atomic E-state index is 13.6. The van der Waals surface area contributed by atoms with E-state index >= 15 is 0 Å². The third-order valence-electron chi connectivity index (χ3n) is 7.07. The molecule has 0 amide bonds. The van der Waals surface area contributed by atoms with Crippen molar-refractivity contribution in [3.8, 4) is 22.5 Å². The third kappa shape index (κ3) is 4.53. The van der Waals surface area contributed by atoms with E-state index in [1.54, 1.807) is 12.1 Å². The fourth-order valence-corrected chi connectivity index (χ4v) is 5.34.